The number of carbonyl (C=O) groups is 1. The van der Waals surface area contributed by atoms with Gasteiger partial charge in [-0.1, -0.05) is 42.6 Å². The van der Waals surface area contributed by atoms with Crippen LogP contribution in [0.2, 0.25) is 5.02 Å². The molecular weight excluding hydrogens is 346 g/mol. The summed E-state index contributed by atoms with van der Waals surface area (Å²) in [5, 5.41) is 9.11. The molecule has 0 bridgehead atoms. The molecule has 5 nitrogen and oxygen atoms in total. The third-order valence-electron chi connectivity index (χ3n) is 4.03. The average Bonchev–Trinajstić information content (AvgIpc) is 3.02. The summed E-state index contributed by atoms with van der Waals surface area (Å²) in [6.45, 7) is 1.72. The summed E-state index contributed by atoms with van der Waals surface area (Å²) in [6, 6.07) is 7.21. The Kier molecular flexibility index (Phi) is 6.15. The topological polar surface area (TPSA) is 59.2 Å². The Balaban J connectivity index is 1.54. The van der Waals surface area contributed by atoms with E-state index in [1.807, 2.05) is 17.0 Å². The Hall–Kier alpha value is -1.53. The maximum absolute atomic E-state index is 12.4. The summed E-state index contributed by atoms with van der Waals surface area (Å²) >= 11 is 7.17. The third kappa shape index (κ3) is 4.74. The summed E-state index contributed by atoms with van der Waals surface area (Å²) in [5.74, 6) is 0.920. The fourth-order valence-electron chi connectivity index (χ4n) is 2.69. The molecule has 1 aliphatic heterocycles. The van der Waals surface area contributed by atoms with Gasteiger partial charge in [0.05, 0.1) is 5.75 Å². The number of amides is 1. The number of thioether (sulfide) groups is 1. The van der Waals surface area contributed by atoms with Crippen LogP contribution in [0.3, 0.4) is 0 Å². The SMILES string of the molecule is O=C(CSc1nnc(-c2ccc(Cl)cc2)o1)N1CCCCCCC1. The van der Waals surface area contributed by atoms with E-state index in [9.17, 15) is 4.79 Å². The number of aromatic nitrogens is 2. The molecule has 0 spiro atoms. The molecule has 1 saturated heterocycles. The van der Waals surface area contributed by atoms with Gasteiger partial charge in [0, 0.05) is 23.7 Å². The normalized spacial score (nSPS) is 15.8. The minimum atomic E-state index is 0.146. The Morgan fingerprint density at radius 1 is 1.08 bits per heavy atom. The van der Waals surface area contributed by atoms with Gasteiger partial charge in [-0.25, -0.2) is 0 Å². The van der Waals surface area contributed by atoms with Crippen molar-refractivity contribution >= 4 is 29.3 Å². The van der Waals surface area contributed by atoms with Crippen LogP contribution in [0.1, 0.15) is 32.1 Å². The number of benzene rings is 1. The molecule has 1 aromatic heterocycles. The van der Waals surface area contributed by atoms with Gasteiger partial charge in [0.1, 0.15) is 0 Å². The predicted molar refractivity (Wildman–Crippen MR) is 95.1 cm³/mol. The van der Waals surface area contributed by atoms with Crippen LogP contribution in [0.25, 0.3) is 11.5 Å². The summed E-state index contributed by atoms with van der Waals surface area (Å²) in [7, 11) is 0. The number of carbonyl (C=O) groups excluding carboxylic acids is 1. The van der Waals surface area contributed by atoms with Crippen LogP contribution in [0, 0.1) is 0 Å². The van der Waals surface area contributed by atoms with Crippen LogP contribution >= 0.6 is 23.4 Å². The third-order valence-corrected chi connectivity index (χ3v) is 5.08. The van der Waals surface area contributed by atoms with E-state index in [-0.39, 0.29) is 5.91 Å². The molecule has 2 heterocycles. The highest BCUT2D eigenvalue weighted by molar-refractivity contribution is 7.99. The van der Waals surface area contributed by atoms with Crippen molar-refractivity contribution in [3.8, 4) is 11.5 Å². The minimum absolute atomic E-state index is 0.146. The van der Waals surface area contributed by atoms with Crippen molar-refractivity contribution in [2.24, 2.45) is 0 Å². The molecule has 0 radical (unpaired) electrons. The Labute approximate surface area is 150 Å². The van der Waals surface area contributed by atoms with Crippen molar-refractivity contribution < 1.29 is 9.21 Å². The van der Waals surface area contributed by atoms with Gasteiger partial charge in [0.25, 0.3) is 5.22 Å². The summed E-state index contributed by atoms with van der Waals surface area (Å²) in [4.78, 5) is 14.3. The lowest BCUT2D eigenvalue weighted by atomic mass is 10.1. The Morgan fingerprint density at radius 3 is 2.46 bits per heavy atom. The second-order valence-electron chi connectivity index (χ2n) is 5.82. The minimum Gasteiger partial charge on any atom is -0.411 e. The highest BCUT2D eigenvalue weighted by atomic mass is 35.5. The van der Waals surface area contributed by atoms with E-state index < -0.39 is 0 Å². The molecule has 1 fully saturated rings. The second kappa shape index (κ2) is 8.53. The summed E-state index contributed by atoms with van der Waals surface area (Å²) in [5.41, 5.74) is 0.814. The molecule has 0 N–H and O–H groups in total. The molecule has 24 heavy (non-hydrogen) atoms. The number of rotatable bonds is 4. The van der Waals surface area contributed by atoms with Gasteiger partial charge in [0.15, 0.2) is 0 Å². The fraction of sp³-hybridized carbons (Fsp3) is 0.471. The van der Waals surface area contributed by atoms with Crippen LogP contribution in [-0.2, 0) is 4.79 Å². The zero-order valence-electron chi connectivity index (χ0n) is 13.4. The van der Waals surface area contributed by atoms with Gasteiger partial charge in [0.2, 0.25) is 11.8 Å². The van der Waals surface area contributed by atoms with Crippen molar-refractivity contribution in [1.82, 2.24) is 15.1 Å². The number of halogens is 1. The van der Waals surface area contributed by atoms with Gasteiger partial charge in [-0.15, -0.1) is 10.2 Å². The lowest BCUT2D eigenvalue weighted by Gasteiger charge is -2.24. The van der Waals surface area contributed by atoms with E-state index in [0.29, 0.717) is 21.9 Å². The first-order chi connectivity index (χ1) is 11.7. The van der Waals surface area contributed by atoms with Crippen molar-refractivity contribution in [2.75, 3.05) is 18.8 Å². The van der Waals surface area contributed by atoms with E-state index >= 15 is 0 Å². The van der Waals surface area contributed by atoms with Gasteiger partial charge in [-0.3, -0.25) is 4.79 Å². The second-order valence-corrected chi connectivity index (χ2v) is 7.18. The lowest BCUT2D eigenvalue weighted by Crippen LogP contribution is -2.35. The largest absolute Gasteiger partial charge is 0.411 e. The molecule has 2 aromatic rings. The zero-order chi connectivity index (χ0) is 16.8. The fourth-order valence-corrected chi connectivity index (χ4v) is 3.48. The van der Waals surface area contributed by atoms with Crippen LogP contribution in [-0.4, -0.2) is 39.8 Å². The molecule has 7 heteroatoms. The van der Waals surface area contributed by atoms with Crippen molar-refractivity contribution in [3.05, 3.63) is 29.3 Å². The Morgan fingerprint density at radius 2 is 1.75 bits per heavy atom. The number of nitrogens with zero attached hydrogens (tertiary/aromatic N) is 3. The van der Waals surface area contributed by atoms with Gasteiger partial charge in [-0.2, -0.15) is 0 Å². The highest BCUT2D eigenvalue weighted by Gasteiger charge is 2.17. The lowest BCUT2D eigenvalue weighted by molar-refractivity contribution is -0.128. The molecule has 1 aromatic carbocycles. The first-order valence-electron chi connectivity index (χ1n) is 8.22. The maximum atomic E-state index is 12.4. The Bertz CT molecular complexity index is 667. The van der Waals surface area contributed by atoms with Crippen LogP contribution in [0.15, 0.2) is 33.9 Å². The van der Waals surface area contributed by atoms with Gasteiger partial charge >= 0.3 is 0 Å². The van der Waals surface area contributed by atoms with E-state index in [4.69, 9.17) is 16.0 Å². The first kappa shape index (κ1) is 17.3. The van der Waals surface area contributed by atoms with E-state index in [0.717, 1.165) is 31.5 Å². The molecule has 1 aliphatic rings. The molecule has 0 unspecified atom stereocenters. The highest BCUT2D eigenvalue weighted by Crippen LogP contribution is 2.24. The molecule has 0 aliphatic carbocycles. The molecule has 128 valence electrons. The number of hydrogen-bond donors (Lipinski definition) is 0. The quantitative estimate of drug-likeness (QED) is 0.757. The number of likely N-dealkylation sites (tertiary alicyclic amines) is 1. The molecule has 0 saturated carbocycles. The van der Waals surface area contributed by atoms with Crippen LogP contribution < -0.4 is 0 Å². The maximum Gasteiger partial charge on any atom is 0.277 e. The van der Waals surface area contributed by atoms with Crippen molar-refractivity contribution in [2.45, 2.75) is 37.3 Å². The van der Waals surface area contributed by atoms with E-state index in [1.54, 1.807) is 12.1 Å². The standard InChI is InChI=1S/C17H20ClN3O2S/c18-14-8-6-13(7-9-14)16-19-20-17(23-16)24-12-15(22)21-10-4-2-1-3-5-11-21/h6-9H,1-5,10-12H2. The van der Waals surface area contributed by atoms with Gasteiger partial charge < -0.3 is 9.32 Å². The zero-order valence-corrected chi connectivity index (χ0v) is 15.0. The molecule has 0 atom stereocenters. The van der Waals surface area contributed by atoms with E-state index in [2.05, 4.69) is 10.2 Å². The van der Waals surface area contributed by atoms with Gasteiger partial charge in [-0.05, 0) is 37.1 Å². The van der Waals surface area contributed by atoms with Crippen LogP contribution in [0.4, 0.5) is 0 Å². The van der Waals surface area contributed by atoms with Crippen LogP contribution in [0.5, 0.6) is 0 Å². The summed E-state index contributed by atoms with van der Waals surface area (Å²) < 4.78 is 5.62. The molecule has 1 amide bonds. The average molecular weight is 366 g/mol. The number of hydrogen-bond acceptors (Lipinski definition) is 5. The van der Waals surface area contributed by atoms with E-state index in [1.165, 1.54) is 31.0 Å². The summed E-state index contributed by atoms with van der Waals surface area (Å²) in [6.07, 6.45) is 5.90. The first-order valence-corrected chi connectivity index (χ1v) is 9.59. The monoisotopic (exact) mass is 365 g/mol. The smallest absolute Gasteiger partial charge is 0.277 e. The predicted octanol–water partition coefficient (Wildman–Crippen LogP) is 4.27. The molecular formula is C17H20ClN3O2S. The molecule has 3 rings (SSSR count). The van der Waals surface area contributed by atoms with Crippen molar-refractivity contribution in [1.29, 1.82) is 0 Å². The van der Waals surface area contributed by atoms with Crippen molar-refractivity contribution in [3.63, 3.8) is 0 Å².